The van der Waals surface area contributed by atoms with Crippen LogP contribution in [-0.2, 0) is 4.74 Å². The lowest BCUT2D eigenvalue weighted by molar-refractivity contribution is 0.0953. The highest BCUT2D eigenvalue weighted by atomic mass is 16.5. The molecule has 0 heterocycles. The molecule has 0 bridgehead atoms. The number of rotatable bonds is 5. The smallest absolute Gasteiger partial charge is 0.265 e. The standard InChI is InChI=1S/C15H17N3O2/c1-20-10-17-14-4-2-3-13(9-14)11-5-7-12(8-6-11)15(19)18-16/h2-9,17H,10,16H2,1H3,(H,18,19). The number of methoxy groups -OCH3 is 1. The number of nitrogens with two attached hydrogens (primary N) is 1. The van der Waals surface area contributed by atoms with Crippen LogP contribution in [0.4, 0.5) is 5.69 Å². The van der Waals surface area contributed by atoms with E-state index in [0.29, 0.717) is 12.3 Å². The molecule has 0 spiro atoms. The first-order valence-electron chi connectivity index (χ1n) is 6.19. The number of hydrazine groups is 1. The Morgan fingerprint density at radius 3 is 2.55 bits per heavy atom. The molecular formula is C15H17N3O2. The van der Waals surface area contributed by atoms with Gasteiger partial charge in [-0.25, -0.2) is 5.84 Å². The monoisotopic (exact) mass is 271 g/mol. The van der Waals surface area contributed by atoms with Gasteiger partial charge in [-0.05, 0) is 35.4 Å². The number of hydrogen-bond acceptors (Lipinski definition) is 4. The van der Waals surface area contributed by atoms with Gasteiger partial charge in [-0.1, -0.05) is 24.3 Å². The molecule has 0 aromatic heterocycles. The van der Waals surface area contributed by atoms with Crippen LogP contribution < -0.4 is 16.6 Å². The number of carbonyl (C=O) groups is 1. The van der Waals surface area contributed by atoms with Crippen molar-refractivity contribution in [3.8, 4) is 11.1 Å². The number of amides is 1. The van der Waals surface area contributed by atoms with Gasteiger partial charge in [0, 0.05) is 18.4 Å². The van der Waals surface area contributed by atoms with Crippen LogP contribution in [0.15, 0.2) is 48.5 Å². The van der Waals surface area contributed by atoms with Crippen molar-refractivity contribution in [2.75, 3.05) is 19.2 Å². The molecule has 4 N–H and O–H groups in total. The lowest BCUT2D eigenvalue weighted by Gasteiger charge is -2.08. The molecule has 2 aromatic carbocycles. The fourth-order valence-corrected chi connectivity index (χ4v) is 1.86. The van der Waals surface area contributed by atoms with Crippen molar-refractivity contribution >= 4 is 11.6 Å². The second-order valence-corrected chi connectivity index (χ2v) is 4.24. The normalized spacial score (nSPS) is 10.1. The van der Waals surface area contributed by atoms with Crippen molar-refractivity contribution in [1.29, 1.82) is 0 Å². The van der Waals surface area contributed by atoms with Crippen LogP contribution in [0.3, 0.4) is 0 Å². The maximum Gasteiger partial charge on any atom is 0.265 e. The van der Waals surface area contributed by atoms with Crippen molar-refractivity contribution in [3.63, 3.8) is 0 Å². The Morgan fingerprint density at radius 2 is 1.90 bits per heavy atom. The molecule has 20 heavy (non-hydrogen) atoms. The molecule has 0 unspecified atom stereocenters. The summed E-state index contributed by atoms with van der Waals surface area (Å²) in [6, 6.07) is 15.2. The lowest BCUT2D eigenvalue weighted by Crippen LogP contribution is -2.29. The van der Waals surface area contributed by atoms with Crippen molar-refractivity contribution in [3.05, 3.63) is 54.1 Å². The highest BCUT2D eigenvalue weighted by molar-refractivity contribution is 5.94. The molecule has 0 saturated heterocycles. The van der Waals surface area contributed by atoms with Gasteiger partial charge < -0.3 is 10.1 Å². The van der Waals surface area contributed by atoms with E-state index in [0.717, 1.165) is 16.8 Å². The Bertz CT molecular complexity index is 582. The van der Waals surface area contributed by atoms with Gasteiger partial charge in [-0.3, -0.25) is 10.2 Å². The van der Waals surface area contributed by atoms with Gasteiger partial charge in [0.25, 0.3) is 5.91 Å². The molecule has 0 aliphatic heterocycles. The molecule has 0 saturated carbocycles. The third-order valence-electron chi connectivity index (χ3n) is 2.89. The molecule has 2 aromatic rings. The zero-order valence-electron chi connectivity index (χ0n) is 11.2. The summed E-state index contributed by atoms with van der Waals surface area (Å²) in [5, 5.41) is 3.14. The summed E-state index contributed by atoms with van der Waals surface area (Å²) in [5.41, 5.74) is 5.71. The summed E-state index contributed by atoms with van der Waals surface area (Å²) in [5.74, 6) is 4.80. The van der Waals surface area contributed by atoms with E-state index < -0.39 is 0 Å². The minimum absolute atomic E-state index is 0.299. The first-order valence-corrected chi connectivity index (χ1v) is 6.19. The van der Waals surface area contributed by atoms with Gasteiger partial charge in [0.05, 0.1) is 0 Å². The summed E-state index contributed by atoms with van der Waals surface area (Å²) in [7, 11) is 1.64. The van der Waals surface area contributed by atoms with Crippen LogP contribution >= 0.6 is 0 Å². The molecule has 0 aliphatic carbocycles. The van der Waals surface area contributed by atoms with Crippen LogP contribution in [0.1, 0.15) is 10.4 Å². The van der Waals surface area contributed by atoms with E-state index in [1.165, 1.54) is 0 Å². The van der Waals surface area contributed by atoms with Crippen molar-refractivity contribution < 1.29 is 9.53 Å². The Labute approximate surface area is 117 Å². The predicted molar refractivity (Wildman–Crippen MR) is 79.0 cm³/mol. The number of hydrogen-bond donors (Lipinski definition) is 3. The van der Waals surface area contributed by atoms with E-state index in [-0.39, 0.29) is 5.91 Å². The van der Waals surface area contributed by atoms with Crippen LogP contribution in [-0.4, -0.2) is 19.7 Å². The Kier molecular flexibility index (Phi) is 4.70. The zero-order valence-corrected chi connectivity index (χ0v) is 11.2. The van der Waals surface area contributed by atoms with E-state index in [9.17, 15) is 4.79 Å². The Balaban J connectivity index is 2.20. The first kappa shape index (κ1) is 14.0. The third-order valence-corrected chi connectivity index (χ3v) is 2.89. The second-order valence-electron chi connectivity index (χ2n) is 4.24. The molecule has 104 valence electrons. The molecule has 0 fully saturated rings. The summed E-state index contributed by atoms with van der Waals surface area (Å²) in [6.07, 6.45) is 0. The molecule has 1 amide bonds. The SMILES string of the molecule is COCNc1cccc(-c2ccc(C(=O)NN)cc2)c1. The molecule has 5 heteroatoms. The van der Waals surface area contributed by atoms with Crippen molar-refractivity contribution in [1.82, 2.24) is 5.43 Å². The zero-order chi connectivity index (χ0) is 14.4. The van der Waals surface area contributed by atoms with Gasteiger partial charge in [0.1, 0.15) is 6.73 Å². The molecular weight excluding hydrogens is 254 g/mol. The molecule has 5 nitrogen and oxygen atoms in total. The van der Waals surface area contributed by atoms with Gasteiger partial charge in [-0.2, -0.15) is 0 Å². The van der Waals surface area contributed by atoms with E-state index >= 15 is 0 Å². The number of ether oxygens (including phenoxy) is 1. The predicted octanol–water partition coefficient (Wildman–Crippen LogP) is 1.97. The first-order chi connectivity index (χ1) is 9.74. The van der Waals surface area contributed by atoms with E-state index in [1.54, 1.807) is 19.2 Å². The van der Waals surface area contributed by atoms with Crippen LogP contribution in [0.5, 0.6) is 0 Å². The fraction of sp³-hybridized carbons (Fsp3) is 0.133. The van der Waals surface area contributed by atoms with Gasteiger partial charge in [-0.15, -0.1) is 0 Å². The number of nitrogen functional groups attached to an aromatic ring is 1. The quantitative estimate of drug-likeness (QED) is 0.336. The van der Waals surface area contributed by atoms with Crippen LogP contribution in [0.25, 0.3) is 11.1 Å². The Hall–Kier alpha value is -2.37. The Morgan fingerprint density at radius 1 is 1.15 bits per heavy atom. The van der Waals surface area contributed by atoms with E-state index in [2.05, 4.69) is 10.7 Å². The highest BCUT2D eigenvalue weighted by Gasteiger charge is 2.04. The minimum Gasteiger partial charge on any atom is -0.365 e. The van der Waals surface area contributed by atoms with Crippen LogP contribution in [0, 0.1) is 0 Å². The summed E-state index contributed by atoms with van der Waals surface area (Å²) in [4.78, 5) is 11.4. The highest BCUT2D eigenvalue weighted by Crippen LogP contribution is 2.23. The summed E-state index contributed by atoms with van der Waals surface area (Å²) in [6.45, 7) is 0.457. The minimum atomic E-state index is -0.299. The molecule has 2 rings (SSSR count). The van der Waals surface area contributed by atoms with Crippen LogP contribution in [0.2, 0.25) is 0 Å². The van der Waals surface area contributed by atoms with Gasteiger partial charge >= 0.3 is 0 Å². The molecule has 0 aliphatic rings. The summed E-state index contributed by atoms with van der Waals surface area (Å²) >= 11 is 0. The van der Waals surface area contributed by atoms with Crippen molar-refractivity contribution in [2.45, 2.75) is 0 Å². The number of benzene rings is 2. The largest absolute Gasteiger partial charge is 0.365 e. The lowest BCUT2D eigenvalue weighted by atomic mass is 10.0. The molecule has 0 radical (unpaired) electrons. The van der Waals surface area contributed by atoms with Gasteiger partial charge in [0.2, 0.25) is 0 Å². The average Bonchev–Trinajstić information content (AvgIpc) is 2.52. The maximum absolute atomic E-state index is 11.4. The number of anilines is 1. The van der Waals surface area contributed by atoms with Gasteiger partial charge in [0.15, 0.2) is 0 Å². The third kappa shape index (κ3) is 3.34. The summed E-state index contributed by atoms with van der Waals surface area (Å²) < 4.78 is 4.98. The average molecular weight is 271 g/mol. The maximum atomic E-state index is 11.4. The number of nitrogens with one attached hydrogen (secondary N) is 2. The van der Waals surface area contributed by atoms with E-state index in [1.807, 2.05) is 36.4 Å². The van der Waals surface area contributed by atoms with Crippen molar-refractivity contribution in [2.24, 2.45) is 5.84 Å². The molecule has 0 atom stereocenters. The van der Waals surface area contributed by atoms with E-state index in [4.69, 9.17) is 10.6 Å². The second kappa shape index (κ2) is 6.70. The fourth-order valence-electron chi connectivity index (χ4n) is 1.86. The topological polar surface area (TPSA) is 76.4 Å². The number of carbonyl (C=O) groups excluding carboxylic acids is 1.